The molecule has 0 saturated carbocycles. The number of fused-ring (bicyclic) bond motifs is 1. The van der Waals surface area contributed by atoms with Gasteiger partial charge in [-0.05, 0) is 48.9 Å². The van der Waals surface area contributed by atoms with Crippen molar-refractivity contribution >= 4 is 39.0 Å². The average molecular weight is 424 g/mol. The Kier molecular flexibility index (Phi) is 5.22. The van der Waals surface area contributed by atoms with E-state index in [0.29, 0.717) is 23.4 Å². The molecule has 6 nitrogen and oxygen atoms in total. The van der Waals surface area contributed by atoms with E-state index in [0.717, 1.165) is 12.1 Å². The number of imidazole rings is 1. The zero-order valence-electron chi connectivity index (χ0n) is 15.0. The zero-order chi connectivity index (χ0) is 21.4. The quantitative estimate of drug-likeness (QED) is 0.663. The molecular weight excluding hydrogens is 409 g/mol. The fourth-order valence-corrected chi connectivity index (χ4v) is 3.58. The average Bonchev–Trinajstić information content (AvgIpc) is 3.02. The Morgan fingerprint density at radius 3 is 2.34 bits per heavy atom. The van der Waals surface area contributed by atoms with Gasteiger partial charge >= 0.3 is 11.5 Å². The Labute approximate surface area is 163 Å². The number of hydrogen-bond acceptors (Lipinski definition) is 4. The van der Waals surface area contributed by atoms with Gasteiger partial charge in [0.2, 0.25) is 0 Å². The van der Waals surface area contributed by atoms with E-state index in [-0.39, 0.29) is 11.1 Å². The van der Waals surface area contributed by atoms with Crippen LogP contribution in [-0.2, 0) is 16.4 Å². The predicted molar refractivity (Wildman–Crippen MR) is 101 cm³/mol. The number of hydrogen-bond donors (Lipinski definition) is 1. The minimum absolute atomic E-state index is 0.123. The van der Waals surface area contributed by atoms with Crippen LogP contribution in [-0.4, -0.2) is 34.6 Å². The van der Waals surface area contributed by atoms with Gasteiger partial charge in [0, 0.05) is 6.54 Å². The summed E-state index contributed by atoms with van der Waals surface area (Å²) in [6.45, 7) is 2.28. The summed E-state index contributed by atoms with van der Waals surface area (Å²) < 4.78 is 63.4. The number of carboxylic acid groups (broad SMARTS) is 1. The van der Waals surface area contributed by atoms with Gasteiger partial charge in [0.1, 0.15) is 5.82 Å². The standard InChI is InChI=1S/C19H15F3N2O4S/c1-2-24-16-9-8-14(29(27,28)19(20,21)22)11-15(16)23-17(24)10-5-12-3-6-13(7-4-12)18(25)26/h3-11H,2H2,1H3,(H,25,26). The fraction of sp³-hybridized carbons (Fsp3) is 0.158. The number of nitrogens with zero attached hydrogens (tertiary/aromatic N) is 2. The lowest BCUT2D eigenvalue weighted by Crippen LogP contribution is -2.23. The van der Waals surface area contributed by atoms with Crippen LogP contribution >= 0.6 is 0 Å². The maximum atomic E-state index is 12.8. The molecule has 0 atom stereocenters. The minimum atomic E-state index is -5.46. The number of sulfone groups is 1. The summed E-state index contributed by atoms with van der Waals surface area (Å²) in [5.74, 6) is -0.621. The Morgan fingerprint density at radius 2 is 1.79 bits per heavy atom. The number of carboxylic acids is 1. The molecule has 1 N–H and O–H groups in total. The SMILES string of the molecule is CCn1c(C=Cc2ccc(C(=O)O)cc2)nc2cc(S(=O)(=O)C(F)(F)F)ccc21. The molecule has 10 heteroatoms. The van der Waals surface area contributed by atoms with E-state index in [1.54, 1.807) is 28.9 Å². The second kappa shape index (κ2) is 7.36. The van der Waals surface area contributed by atoms with Gasteiger partial charge in [0.25, 0.3) is 9.84 Å². The van der Waals surface area contributed by atoms with Gasteiger partial charge in [-0.2, -0.15) is 13.2 Å². The van der Waals surface area contributed by atoms with Crippen LogP contribution in [0.15, 0.2) is 47.4 Å². The number of halogens is 3. The fourth-order valence-electron chi connectivity index (χ4n) is 2.80. The second-order valence-corrected chi connectivity index (χ2v) is 8.02. The van der Waals surface area contributed by atoms with Crippen molar-refractivity contribution in [3.8, 4) is 0 Å². The number of alkyl halides is 3. The summed E-state index contributed by atoms with van der Waals surface area (Å²) in [6, 6.07) is 9.21. The van der Waals surface area contributed by atoms with Crippen LogP contribution in [0.5, 0.6) is 0 Å². The van der Waals surface area contributed by atoms with Crippen molar-refractivity contribution in [3.05, 3.63) is 59.4 Å². The Morgan fingerprint density at radius 1 is 1.14 bits per heavy atom. The number of benzene rings is 2. The third-order valence-electron chi connectivity index (χ3n) is 4.26. The molecule has 0 bridgehead atoms. The van der Waals surface area contributed by atoms with Gasteiger partial charge in [-0.3, -0.25) is 0 Å². The Hall–Kier alpha value is -3.14. The summed E-state index contributed by atoms with van der Waals surface area (Å²) in [6.07, 6.45) is 3.30. The first-order chi connectivity index (χ1) is 13.5. The van der Waals surface area contributed by atoms with Crippen molar-refractivity contribution in [3.63, 3.8) is 0 Å². The summed E-state index contributed by atoms with van der Waals surface area (Å²) in [7, 11) is -5.46. The van der Waals surface area contributed by atoms with Crippen LogP contribution in [0, 0.1) is 0 Å². The highest BCUT2D eigenvalue weighted by Crippen LogP contribution is 2.32. The van der Waals surface area contributed by atoms with Crippen LogP contribution in [0.3, 0.4) is 0 Å². The topological polar surface area (TPSA) is 89.3 Å². The van der Waals surface area contributed by atoms with Gasteiger partial charge in [0.05, 0.1) is 21.5 Å². The maximum Gasteiger partial charge on any atom is 0.501 e. The molecule has 1 heterocycles. The highest BCUT2D eigenvalue weighted by atomic mass is 32.2. The van der Waals surface area contributed by atoms with Crippen molar-refractivity contribution in [2.75, 3.05) is 0 Å². The van der Waals surface area contributed by atoms with Crippen molar-refractivity contribution in [2.24, 2.45) is 0 Å². The largest absolute Gasteiger partial charge is 0.501 e. The van der Waals surface area contributed by atoms with Gasteiger partial charge in [-0.25, -0.2) is 18.2 Å². The molecule has 29 heavy (non-hydrogen) atoms. The smallest absolute Gasteiger partial charge is 0.478 e. The van der Waals surface area contributed by atoms with Gasteiger partial charge in [-0.1, -0.05) is 18.2 Å². The first-order valence-electron chi connectivity index (χ1n) is 8.37. The van der Waals surface area contributed by atoms with Gasteiger partial charge in [0.15, 0.2) is 0 Å². The highest BCUT2D eigenvalue weighted by Gasteiger charge is 2.47. The third-order valence-corrected chi connectivity index (χ3v) is 5.75. The molecule has 0 spiro atoms. The molecular formula is C19H15F3N2O4S. The zero-order valence-corrected chi connectivity index (χ0v) is 15.8. The molecule has 2 aromatic carbocycles. The Balaban J connectivity index is 2.01. The van der Waals surface area contributed by atoms with E-state index >= 15 is 0 Å². The minimum Gasteiger partial charge on any atom is -0.478 e. The molecule has 0 amide bonds. The van der Waals surface area contributed by atoms with Crippen molar-refractivity contribution < 1.29 is 31.5 Å². The highest BCUT2D eigenvalue weighted by molar-refractivity contribution is 7.92. The summed E-state index contributed by atoms with van der Waals surface area (Å²) in [5, 5.41) is 8.92. The van der Waals surface area contributed by atoms with E-state index in [4.69, 9.17) is 5.11 Å². The number of carbonyl (C=O) groups is 1. The van der Waals surface area contributed by atoms with E-state index in [2.05, 4.69) is 4.98 Å². The number of aryl methyl sites for hydroxylation is 1. The number of aromatic nitrogens is 2. The maximum absolute atomic E-state index is 12.8. The molecule has 3 aromatic rings. The van der Waals surface area contributed by atoms with E-state index < -0.39 is 26.2 Å². The van der Waals surface area contributed by atoms with E-state index in [1.165, 1.54) is 18.2 Å². The lowest BCUT2D eigenvalue weighted by Gasteiger charge is -2.08. The monoisotopic (exact) mass is 424 g/mol. The molecule has 0 saturated heterocycles. The summed E-state index contributed by atoms with van der Waals surface area (Å²) in [4.78, 5) is 14.3. The number of aromatic carboxylic acids is 1. The predicted octanol–water partition coefficient (Wildman–Crippen LogP) is 4.22. The summed E-state index contributed by atoms with van der Waals surface area (Å²) in [5.41, 5.74) is -3.93. The van der Waals surface area contributed by atoms with E-state index in [1.807, 2.05) is 6.92 Å². The molecule has 0 aliphatic carbocycles. The van der Waals surface area contributed by atoms with Crippen LogP contribution < -0.4 is 0 Å². The van der Waals surface area contributed by atoms with Crippen molar-refractivity contribution in [1.82, 2.24) is 9.55 Å². The van der Waals surface area contributed by atoms with Crippen molar-refractivity contribution in [2.45, 2.75) is 23.9 Å². The molecule has 0 radical (unpaired) electrons. The van der Waals surface area contributed by atoms with Crippen LogP contribution in [0.1, 0.15) is 28.7 Å². The lowest BCUT2D eigenvalue weighted by atomic mass is 10.1. The first-order valence-corrected chi connectivity index (χ1v) is 9.86. The number of rotatable bonds is 5. The van der Waals surface area contributed by atoms with E-state index in [9.17, 15) is 26.4 Å². The molecule has 1 aromatic heterocycles. The molecule has 3 rings (SSSR count). The molecule has 0 fully saturated rings. The summed E-state index contributed by atoms with van der Waals surface area (Å²) >= 11 is 0. The normalized spacial score (nSPS) is 12.7. The lowest BCUT2D eigenvalue weighted by molar-refractivity contribution is -0.0436. The first kappa shape index (κ1) is 20.6. The van der Waals surface area contributed by atoms with Crippen molar-refractivity contribution in [1.29, 1.82) is 0 Å². The molecule has 0 aliphatic rings. The third kappa shape index (κ3) is 3.88. The molecule has 152 valence electrons. The van der Waals surface area contributed by atoms with Crippen LogP contribution in [0.25, 0.3) is 23.2 Å². The van der Waals surface area contributed by atoms with Gasteiger partial charge < -0.3 is 9.67 Å². The second-order valence-electron chi connectivity index (χ2n) is 6.07. The van der Waals surface area contributed by atoms with Crippen LogP contribution in [0.2, 0.25) is 0 Å². The van der Waals surface area contributed by atoms with Crippen LogP contribution in [0.4, 0.5) is 13.2 Å². The Bertz CT molecular complexity index is 1210. The molecule has 0 unspecified atom stereocenters. The van der Waals surface area contributed by atoms with Gasteiger partial charge in [-0.15, -0.1) is 0 Å². The molecule has 0 aliphatic heterocycles.